The van der Waals surface area contributed by atoms with E-state index in [0.717, 1.165) is 21.9 Å². The second-order valence-corrected chi connectivity index (χ2v) is 4.24. The number of rotatable bonds is 1. The molecular weight excluding hydrogens is 206 g/mol. The highest BCUT2D eigenvalue weighted by atomic mass is 32.1. The van der Waals surface area contributed by atoms with Crippen molar-refractivity contribution in [3.8, 4) is 11.8 Å². The molecule has 0 unspecified atom stereocenters. The third-order valence-electron chi connectivity index (χ3n) is 1.89. The summed E-state index contributed by atoms with van der Waals surface area (Å²) < 4.78 is 1.74. The largest absolute Gasteiger partial charge is 0.275 e. The predicted octanol–water partition coefficient (Wildman–Crippen LogP) is 1.84. The van der Waals surface area contributed by atoms with Crippen LogP contribution in [0.3, 0.4) is 0 Å². The third kappa shape index (κ3) is 2.45. The summed E-state index contributed by atoms with van der Waals surface area (Å²) in [6.07, 6.45) is 6.45. The second-order valence-electron chi connectivity index (χ2n) is 3.12. The minimum absolute atomic E-state index is 0.934. The van der Waals surface area contributed by atoms with E-state index in [0.29, 0.717) is 0 Å². The Labute approximate surface area is 92.8 Å². The van der Waals surface area contributed by atoms with E-state index >= 15 is 0 Å². The van der Waals surface area contributed by atoms with E-state index in [1.165, 1.54) is 0 Å². The smallest absolute Gasteiger partial charge is 0.0973 e. The molecule has 0 aliphatic rings. The maximum absolute atomic E-state index is 4.25. The molecule has 0 aromatic carbocycles. The molecule has 0 fully saturated rings. The van der Waals surface area contributed by atoms with Crippen LogP contribution in [-0.2, 0) is 13.5 Å². The van der Waals surface area contributed by atoms with E-state index in [-0.39, 0.29) is 0 Å². The van der Waals surface area contributed by atoms with Gasteiger partial charge in [-0.05, 0) is 12.3 Å². The molecule has 15 heavy (non-hydrogen) atoms. The topological polar surface area (TPSA) is 30.7 Å². The summed E-state index contributed by atoms with van der Waals surface area (Å²) in [6, 6.07) is 0. The Balaban J connectivity index is 2.17. The molecular formula is C11H11N3S. The van der Waals surface area contributed by atoms with Gasteiger partial charge >= 0.3 is 0 Å². The Kier molecular flexibility index (Phi) is 2.84. The summed E-state index contributed by atoms with van der Waals surface area (Å²) in [4.78, 5) is 5.26. The number of aromatic nitrogens is 3. The van der Waals surface area contributed by atoms with Crippen LogP contribution in [0.2, 0.25) is 0 Å². The van der Waals surface area contributed by atoms with Gasteiger partial charge in [0.2, 0.25) is 0 Å². The summed E-state index contributed by atoms with van der Waals surface area (Å²) >= 11 is 1.65. The van der Waals surface area contributed by atoms with Crippen LogP contribution in [0.1, 0.15) is 22.4 Å². The van der Waals surface area contributed by atoms with E-state index in [9.17, 15) is 0 Å². The molecule has 3 nitrogen and oxygen atoms in total. The molecule has 2 aromatic heterocycles. The first-order valence-electron chi connectivity index (χ1n) is 4.73. The Hall–Kier alpha value is -1.60. The molecule has 0 saturated heterocycles. The molecule has 4 heteroatoms. The molecule has 0 saturated carbocycles. The van der Waals surface area contributed by atoms with Crippen molar-refractivity contribution in [3.63, 3.8) is 0 Å². The first-order chi connectivity index (χ1) is 7.28. The summed E-state index contributed by atoms with van der Waals surface area (Å²) in [5.74, 6) is 6.14. The van der Waals surface area contributed by atoms with Gasteiger partial charge in [0.25, 0.3) is 0 Å². The molecule has 2 heterocycles. The van der Waals surface area contributed by atoms with E-state index in [2.05, 4.69) is 28.8 Å². The van der Waals surface area contributed by atoms with E-state index in [1.54, 1.807) is 22.2 Å². The van der Waals surface area contributed by atoms with Gasteiger partial charge in [-0.25, -0.2) is 4.98 Å². The van der Waals surface area contributed by atoms with Crippen LogP contribution in [0.15, 0.2) is 18.6 Å². The zero-order valence-corrected chi connectivity index (χ0v) is 9.51. The zero-order valence-electron chi connectivity index (χ0n) is 8.69. The van der Waals surface area contributed by atoms with Gasteiger partial charge < -0.3 is 0 Å². The SMILES string of the molecule is CCc1ncc(C#Cc2cnn(C)c2)s1. The first-order valence-corrected chi connectivity index (χ1v) is 5.55. The lowest BCUT2D eigenvalue weighted by Gasteiger charge is -1.80. The van der Waals surface area contributed by atoms with Gasteiger partial charge in [0.1, 0.15) is 0 Å². The van der Waals surface area contributed by atoms with Crippen LogP contribution in [0.25, 0.3) is 0 Å². The molecule has 2 rings (SSSR count). The molecule has 0 N–H and O–H groups in total. The standard InChI is InChI=1S/C11H11N3S/c1-3-11-12-7-10(15-11)5-4-9-6-13-14(2)8-9/h6-8H,3H2,1-2H3. The highest BCUT2D eigenvalue weighted by Gasteiger charge is 1.96. The Morgan fingerprint density at radius 2 is 2.27 bits per heavy atom. The fraction of sp³-hybridized carbons (Fsp3) is 0.273. The maximum atomic E-state index is 4.25. The van der Waals surface area contributed by atoms with Crippen molar-refractivity contribution >= 4 is 11.3 Å². The van der Waals surface area contributed by atoms with Crippen molar-refractivity contribution in [2.24, 2.45) is 7.05 Å². The van der Waals surface area contributed by atoms with Crippen LogP contribution < -0.4 is 0 Å². The predicted molar refractivity (Wildman–Crippen MR) is 60.7 cm³/mol. The number of hydrogen-bond donors (Lipinski definition) is 0. The monoisotopic (exact) mass is 217 g/mol. The van der Waals surface area contributed by atoms with Crippen LogP contribution in [0.5, 0.6) is 0 Å². The van der Waals surface area contributed by atoms with E-state index < -0.39 is 0 Å². The number of hydrogen-bond acceptors (Lipinski definition) is 3. The fourth-order valence-electron chi connectivity index (χ4n) is 1.15. The molecule has 0 aliphatic carbocycles. The molecule has 2 aromatic rings. The van der Waals surface area contributed by atoms with Crippen LogP contribution in [0, 0.1) is 11.8 Å². The Morgan fingerprint density at radius 3 is 2.87 bits per heavy atom. The normalized spacial score (nSPS) is 9.73. The minimum Gasteiger partial charge on any atom is -0.275 e. The zero-order chi connectivity index (χ0) is 10.7. The Bertz CT molecular complexity index is 513. The van der Waals surface area contributed by atoms with Crippen molar-refractivity contribution in [2.45, 2.75) is 13.3 Å². The number of aryl methyl sites for hydroxylation is 2. The summed E-state index contributed by atoms with van der Waals surface area (Å²) in [5, 5.41) is 5.18. The first kappa shape index (κ1) is 9.94. The molecule has 0 bridgehead atoms. The van der Waals surface area contributed by atoms with Crippen molar-refractivity contribution < 1.29 is 0 Å². The van der Waals surface area contributed by atoms with Gasteiger partial charge in [0.05, 0.1) is 27.8 Å². The Morgan fingerprint density at radius 1 is 1.40 bits per heavy atom. The average molecular weight is 217 g/mol. The lowest BCUT2D eigenvalue weighted by Crippen LogP contribution is -1.83. The average Bonchev–Trinajstić information content (AvgIpc) is 2.83. The van der Waals surface area contributed by atoms with Gasteiger partial charge in [-0.1, -0.05) is 12.8 Å². The highest BCUT2D eigenvalue weighted by molar-refractivity contribution is 7.12. The lowest BCUT2D eigenvalue weighted by molar-refractivity contribution is 0.767. The van der Waals surface area contributed by atoms with Gasteiger partial charge in [0.15, 0.2) is 0 Å². The summed E-state index contributed by atoms with van der Waals surface area (Å²) in [6.45, 7) is 2.09. The van der Waals surface area contributed by atoms with Crippen molar-refractivity contribution in [2.75, 3.05) is 0 Å². The van der Waals surface area contributed by atoms with E-state index in [1.807, 2.05) is 19.4 Å². The molecule has 0 atom stereocenters. The van der Waals surface area contributed by atoms with Crippen LogP contribution in [-0.4, -0.2) is 14.8 Å². The molecule has 0 amide bonds. The van der Waals surface area contributed by atoms with Crippen molar-refractivity contribution in [1.82, 2.24) is 14.8 Å². The quantitative estimate of drug-likeness (QED) is 0.682. The lowest BCUT2D eigenvalue weighted by atomic mass is 10.3. The minimum atomic E-state index is 0.934. The summed E-state index contributed by atoms with van der Waals surface area (Å²) in [5.41, 5.74) is 0.934. The van der Waals surface area contributed by atoms with Crippen LogP contribution >= 0.6 is 11.3 Å². The molecule has 0 radical (unpaired) electrons. The third-order valence-corrected chi connectivity index (χ3v) is 2.95. The highest BCUT2D eigenvalue weighted by Crippen LogP contribution is 2.11. The maximum Gasteiger partial charge on any atom is 0.0973 e. The van der Waals surface area contributed by atoms with Gasteiger partial charge in [-0.2, -0.15) is 5.10 Å². The van der Waals surface area contributed by atoms with Crippen LogP contribution in [0.4, 0.5) is 0 Å². The molecule has 0 spiro atoms. The van der Waals surface area contributed by atoms with Crippen molar-refractivity contribution in [1.29, 1.82) is 0 Å². The molecule has 76 valence electrons. The molecule has 0 aliphatic heterocycles. The fourth-order valence-corrected chi connectivity index (χ4v) is 1.86. The van der Waals surface area contributed by atoms with Gasteiger partial charge in [-0.15, -0.1) is 11.3 Å². The van der Waals surface area contributed by atoms with Gasteiger partial charge in [0, 0.05) is 13.2 Å². The summed E-state index contributed by atoms with van der Waals surface area (Å²) in [7, 11) is 1.88. The van der Waals surface area contributed by atoms with Crippen molar-refractivity contribution in [3.05, 3.63) is 34.0 Å². The van der Waals surface area contributed by atoms with Gasteiger partial charge in [-0.3, -0.25) is 4.68 Å². The number of nitrogens with zero attached hydrogens (tertiary/aromatic N) is 3. The van der Waals surface area contributed by atoms with E-state index in [4.69, 9.17) is 0 Å². The second kappa shape index (κ2) is 4.28. The number of thiazole rings is 1.